The Morgan fingerprint density at radius 1 is 1.29 bits per heavy atom. The molecule has 21 heavy (non-hydrogen) atoms. The molecule has 0 spiro atoms. The smallest absolute Gasteiger partial charge is 0.254 e. The van der Waals surface area contributed by atoms with Gasteiger partial charge in [0, 0.05) is 18.8 Å². The Balaban J connectivity index is 1.68. The molecular weight excluding hydrogens is 266 g/mol. The van der Waals surface area contributed by atoms with Crippen molar-refractivity contribution in [3.05, 3.63) is 35.9 Å². The summed E-state index contributed by atoms with van der Waals surface area (Å²) in [5.74, 6) is -0.0593. The zero-order valence-electron chi connectivity index (χ0n) is 12.5. The first kappa shape index (κ1) is 15.7. The zero-order valence-corrected chi connectivity index (χ0v) is 12.5. The number of hydrogen-bond acceptors (Lipinski definition) is 4. The van der Waals surface area contributed by atoms with E-state index in [0.717, 1.165) is 31.6 Å². The summed E-state index contributed by atoms with van der Waals surface area (Å²) < 4.78 is 5.25. The van der Waals surface area contributed by atoms with E-state index in [0.29, 0.717) is 19.8 Å². The van der Waals surface area contributed by atoms with Crippen LogP contribution in [0.4, 0.5) is 0 Å². The van der Waals surface area contributed by atoms with Gasteiger partial charge in [-0.1, -0.05) is 30.3 Å². The van der Waals surface area contributed by atoms with Crippen molar-refractivity contribution in [3.63, 3.8) is 0 Å². The maximum Gasteiger partial charge on any atom is 0.254 e. The van der Waals surface area contributed by atoms with Gasteiger partial charge in [0.05, 0.1) is 19.8 Å². The molecule has 0 unspecified atom stereocenters. The third-order valence-corrected chi connectivity index (χ3v) is 3.46. The minimum atomic E-state index is -0.0593. The lowest BCUT2D eigenvalue weighted by Crippen LogP contribution is -2.42. The van der Waals surface area contributed by atoms with Crippen LogP contribution >= 0.6 is 0 Å². The van der Waals surface area contributed by atoms with Gasteiger partial charge < -0.3 is 4.74 Å². The van der Waals surface area contributed by atoms with E-state index in [2.05, 4.69) is 27.6 Å². The Hall–Kier alpha value is -1.72. The molecule has 1 saturated heterocycles. The number of rotatable bonds is 6. The fourth-order valence-electron chi connectivity index (χ4n) is 2.18. The van der Waals surface area contributed by atoms with Crippen molar-refractivity contribution in [2.45, 2.75) is 19.8 Å². The highest BCUT2D eigenvalue weighted by molar-refractivity contribution is 5.85. The van der Waals surface area contributed by atoms with Gasteiger partial charge in [-0.2, -0.15) is 5.10 Å². The van der Waals surface area contributed by atoms with E-state index in [4.69, 9.17) is 4.74 Å². The number of ether oxygens (including phenoxy) is 1. The van der Waals surface area contributed by atoms with E-state index >= 15 is 0 Å². The number of nitrogens with one attached hydrogen (secondary N) is 1. The van der Waals surface area contributed by atoms with Gasteiger partial charge in [0.1, 0.15) is 0 Å². The van der Waals surface area contributed by atoms with E-state index < -0.39 is 0 Å². The van der Waals surface area contributed by atoms with Crippen LogP contribution in [0.15, 0.2) is 35.4 Å². The highest BCUT2D eigenvalue weighted by Gasteiger charge is 2.13. The molecule has 1 aromatic carbocycles. The molecular formula is C16H23N3O2. The van der Waals surface area contributed by atoms with Crippen molar-refractivity contribution in [1.29, 1.82) is 0 Å². The van der Waals surface area contributed by atoms with Crippen molar-refractivity contribution in [2.24, 2.45) is 5.10 Å². The lowest BCUT2D eigenvalue weighted by atomic mass is 10.1. The summed E-state index contributed by atoms with van der Waals surface area (Å²) in [5, 5.41) is 4.16. The van der Waals surface area contributed by atoms with Crippen LogP contribution < -0.4 is 5.43 Å². The first-order valence-electron chi connectivity index (χ1n) is 7.40. The predicted molar refractivity (Wildman–Crippen MR) is 83.3 cm³/mol. The summed E-state index contributed by atoms with van der Waals surface area (Å²) in [7, 11) is 0. The molecule has 0 radical (unpaired) electrons. The fraction of sp³-hybridized carbons (Fsp3) is 0.500. The number of benzene rings is 1. The summed E-state index contributed by atoms with van der Waals surface area (Å²) in [6.45, 7) is 5.35. The first-order chi connectivity index (χ1) is 10.2. The molecule has 0 atom stereocenters. The largest absolute Gasteiger partial charge is 0.379 e. The molecule has 0 saturated carbocycles. The van der Waals surface area contributed by atoms with Crippen LogP contribution in [0.3, 0.4) is 0 Å². The minimum absolute atomic E-state index is 0.0593. The molecule has 1 aromatic rings. The van der Waals surface area contributed by atoms with E-state index in [1.165, 1.54) is 5.56 Å². The van der Waals surface area contributed by atoms with E-state index in [-0.39, 0.29) is 5.91 Å². The number of morpholine rings is 1. The molecule has 5 heteroatoms. The van der Waals surface area contributed by atoms with Gasteiger partial charge >= 0.3 is 0 Å². The van der Waals surface area contributed by atoms with Crippen LogP contribution in [0.25, 0.3) is 0 Å². The second-order valence-electron chi connectivity index (χ2n) is 5.26. The van der Waals surface area contributed by atoms with Crippen LogP contribution in [-0.2, 0) is 16.0 Å². The summed E-state index contributed by atoms with van der Waals surface area (Å²) in [4.78, 5) is 13.9. The Labute approximate surface area is 126 Å². The normalized spacial score (nSPS) is 16.7. The quantitative estimate of drug-likeness (QED) is 0.637. The van der Waals surface area contributed by atoms with Crippen LogP contribution in [0.2, 0.25) is 0 Å². The molecule has 5 nitrogen and oxygen atoms in total. The number of hydrogen-bond donors (Lipinski definition) is 1. The van der Waals surface area contributed by atoms with Crippen LogP contribution in [0, 0.1) is 0 Å². The molecule has 114 valence electrons. The number of aryl methyl sites for hydroxylation is 1. The van der Waals surface area contributed by atoms with Crippen LogP contribution in [0.1, 0.15) is 18.9 Å². The average molecular weight is 289 g/mol. The molecule has 0 aromatic heterocycles. The molecule has 1 N–H and O–H groups in total. The Morgan fingerprint density at radius 3 is 2.71 bits per heavy atom. The third-order valence-electron chi connectivity index (χ3n) is 3.46. The molecule has 0 aliphatic carbocycles. The Kier molecular flexibility index (Phi) is 6.37. The lowest BCUT2D eigenvalue weighted by molar-refractivity contribution is -0.123. The molecule has 1 aliphatic rings. The van der Waals surface area contributed by atoms with Gasteiger partial charge in [-0.3, -0.25) is 9.69 Å². The van der Waals surface area contributed by atoms with E-state index in [1.54, 1.807) is 0 Å². The van der Waals surface area contributed by atoms with Crippen molar-refractivity contribution in [2.75, 3.05) is 32.8 Å². The topological polar surface area (TPSA) is 53.9 Å². The van der Waals surface area contributed by atoms with Gasteiger partial charge in [0.25, 0.3) is 5.91 Å². The Morgan fingerprint density at radius 2 is 2.00 bits per heavy atom. The minimum Gasteiger partial charge on any atom is -0.379 e. The van der Waals surface area contributed by atoms with Crippen molar-refractivity contribution >= 4 is 11.6 Å². The summed E-state index contributed by atoms with van der Waals surface area (Å²) in [6, 6.07) is 10.3. The Bertz CT molecular complexity index is 468. The van der Waals surface area contributed by atoms with Gasteiger partial charge in [-0.05, 0) is 25.3 Å². The standard InChI is InChI=1S/C16H23N3O2/c1-14(7-8-15-5-3-2-4-6-15)17-18-16(20)13-19-9-11-21-12-10-19/h2-6H,7-13H2,1H3,(H,18,20)/b17-14+. The monoisotopic (exact) mass is 289 g/mol. The van der Waals surface area contributed by atoms with Gasteiger partial charge in [0.15, 0.2) is 0 Å². The molecule has 1 amide bonds. The lowest BCUT2D eigenvalue weighted by Gasteiger charge is -2.25. The molecule has 0 bridgehead atoms. The van der Waals surface area contributed by atoms with E-state index in [1.807, 2.05) is 25.1 Å². The zero-order chi connectivity index (χ0) is 14.9. The summed E-state index contributed by atoms with van der Waals surface area (Å²) in [5.41, 5.74) is 4.86. The van der Waals surface area contributed by atoms with Crippen molar-refractivity contribution < 1.29 is 9.53 Å². The maximum atomic E-state index is 11.8. The number of carbonyl (C=O) groups excluding carboxylic acids is 1. The number of carbonyl (C=O) groups is 1. The van der Waals surface area contributed by atoms with Gasteiger partial charge in [-0.25, -0.2) is 5.43 Å². The molecule has 2 rings (SSSR count). The van der Waals surface area contributed by atoms with Gasteiger partial charge in [-0.15, -0.1) is 0 Å². The highest BCUT2D eigenvalue weighted by Crippen LogP contribution is 2.03. The van der Waals surface area contributed by atoms with Gasteiger partial charge in [0.2, 0.25) is 0 Å². The summed E-state index contributed by atoms with van der Waals surface area (Å²) in [6.07, 6.45) is 1.79. The molecule has 1 fully saturated rings. The van der Waals surface area contributed by atoms with Crippen molar-refractivity contribution in [1.82, 2.24) is 10.3 Å². The van der Waals surface area contributed by atoms with E-state index in [9.17, 15) is 4.79 Å². The SMILES string of the molecule is C/C(CCc1ccccc1)=N\NC(=O)CN1CCOCC1. The maximum absolute atomic E-state index is 11.8. The number of hydrazone groups is 1. The second-order valence-corrected chi connectivity index (χ2v) is 5.26. The third kappa shape index (κ3) is 6.06. The summed E-state index contributed by atoms with van der Waals surface area (Å²) >= 11 is 0. The number of nitrogens with zero attached hydrogens (tertiary/aromatic N) is 2. The predicted octanol–water partition coefficient (Wildman–Crippen LogP) is 1.44. The fourth-order valence-corrected chi connectivity index (χ4v) is 2.18. The molecule has 1 heterocycles. The molecule has 1 aliphatic heterocycles. The van der Waals surface area contributed by atoms with Crippen LogP contribution in [0.5, 0.6) is 0 Å². The average Bonchev–Trinajstić information content (AvgIpc) is 2.53. The van der Waals surface area contributed by atoms with Crippen LogP contribution in [-0.4, -0.2) is 49.4 Å². The highest BCUT2D eigenvalue weighted by atomic mass is 16.5. The van der Waals surface area contributed by atoms with Crippen molar-refractivity contribution in [3.8, 4) is 0 Å². The second kappa shape index (κ2) is 8.54. The first-order valence-corrected chi connectivity index (χ1v) is 7.40. The number of amides is 1.